The predicted octanol–water partition coefficient (Wildman–Crippen LogP) is 3.34. The van der Waals surface area contributed by atoms with Crippen LogP contribution in [0, 0.1) is 0 Å². The molecule has 1 fully saturated rings. The summed E-state index contributed by atoms with van der Waals surface area (Å²) in [5.41, 5.74) is 2.40. The van der Waals surface area contributed by atoms with E-state index in [4.69, 9.17) is 14.4 Å². The first-order valence-corrected chi connectivity index (χ1v) is 8.10. The van der Waals surface area contributed by atoms with Crippen LogP contribution in [0.15, 0.2) is 54.6 Å². The molecule has 0 spiro atoms. The topological polar surface area (TPSA) is 50.7 Å². The fraction of sp³-hybridized carbons (Fsp3) is 0.368. The van der Waals surface area contributed by atoms with Gasteiger partial charge in [0.15, 0.2) is 0 Å². The van der Waals surface area contributed by atoms with Gasteiger partial charge in [-0.2, -0.15) is 0 Å². The summed E-state index contributed by atoms with van der Waals surface area (Å²) in [6, 6.07) is 18.2. The van der Waals surface area contributed by atoms with Crippen LogP contribution in [0.25, 0.3) is 0 Å². The first-order valence-electron chi connectivity index (χ1n) is 8.10. The molecule has 0 aromatic heterocycles. The van der Waals surface area contributed by atoms with E-state index in [1.165, 1.54) is 0 Å². The number of anilines is 2. The van der Waals surface area contributed by atoms with Gasteiger partial charge in [0, 0.05) is 23.9 Å². The molecule has 0 saturated carbocycles. The molecule has 1 saturated heterocycles. The molecule has 1 aliphatic rings. The maximum absolute atomic E-state index is 7.00. The normalized spacial score (nSPS) is 17.8. The van der Waals surface area contributed by atoms with Crippen molar-refractivity contribution >= 4 is 24.0 Å². The number of para-hydroxylation sites is 2. The highest BCUT2D eigenvalue weighted by Gasteiger charge is 2.52. The van der Waals surface area contributed by atoms with Crippen LogP contribution in [0.5, 0.6) is 0 Å². The summed E-state index contributed by atoms with van der Waals surface area (Å²) in [5.74, 6) is 0. The highest BCUT2D eigenvalue weighted by molar-refractivity contribution is 6.64. The Balaban J connectivity index is 0.00000100. The summed E-state index contributed by atoms with van der Waals surface area (Å²) in [5, 5.41) is 10.4. The van der Waals surface area contributed by atoms with Gasteiger partial charge in [0.2, 0.25) is 0 Å². The Morgan fingerprint density at radius 2 is 1.29 bits per heavy atom. The maximum Gasteiger partial charge on any atom is 0.496 e. The summed E-state index contributed by atoms with van der Waals surface area (Å²) in [7, 11) is 0.636. The molecule has 0 amide bonds. The van der Waals surface area contributed by atoms with Gasteiger partial charge in [-0.15, -0.1) is 0 Å². The van der Waals surface area contributed by atoms with Crippen LogP contribution in [-0.2, 0) is 9.31 Å². The number of aliphatic hydroxyl groups excluding tert-OH is 1. The molecule has 2 aromatic rings. The Bertz CT molecular complexity index is 643. The zero-order valence-electron chi connectivity index (χ0n) is 15.0. The number of hydrogen-bond donors (Lipinski definition) is 2. The van der Waals surface area contributed by atoms with E-state index in [2.05, 4.69) is 33.0 Å². The van der Waals surface area contributed by atoms with Crippen LogP contribution >= 0.6 is 0 Å². The smallest absolute Gasteiger partial charge is 0.400 e. The second-order valence-corrected chi connectivity index (χ2v) is 6.67. The molecule has 2 aromatic carbocycles. The summed E-state index contributed by atoms with van der Waals surface area (Å²) < 4.78 is 12.3. The summed E-state index contributed by atoms with van der Waals surface area (Å²) in [6.07, 6.45) is 0. The number of nitrogens with one attached hydrogen (secondary N) is 1. The van der Waals surface area contributed by atoms with Crippen molar-refractivity contribution in [1.82, 2.24) is 0 Å². The molecule has 24 heavy (non-hydrogen) atoms. The molecule has 128 valence electrons. The third-order valence-corrected chi connectivity index (χ3v) is 4.52. The minimum atomic E-state index is -0.364. The Morgan fingerprint density at radius 1 is 0.792 bits per heavy atom. The van der Waals surface area contributed by atoms with Crippen molar-refractivity contribution in [2.75, 3.05) is 12.4 Å². The molecule has 2 N–H and O–H groups in total. The van der Waals surface area contributed by atoms with E-state index in [0.29, 0.717) is 0 Å². The molecule has 0 bridgehead atoms. The van der Waals surface area contributed by atoms with Gasteiger partial charge >= 0.3 is 7.12 Å². The van der Waals surface area contributed by atoms with Crippen LogP contribution in [-0.4, -0.2) is 30.5 Å². The highest BCUT2D eigenvalue weighted by Crippen LogP contribution is 2.37. The minimum absolute atomic E-state index is 0.336. The van der Waals surface area contributed by atoms with Gasteiger partial charge in [-0.3, -0.25) is 0 Å². The summed E-state index contributed by atoms with van der Waals surface area (Å²) >= 11 is 0. The standard InChI is InChI=1S/C18H22BNO2.CH4O/c1-17(2)18(3,4)22-19(21-17)15-12-8-9-13-16(15)20-14-10-6-5-7-11-14;1-2/h5-13,20H,1-4H3;2H,1H3. The van der Waals surface area contributed by atoms with Gasteiger partial charge in [0.1, 0.15) is 0 Å². The third-order valence-electron chi connectivity index (χ3n) is 4.52. The molecule has 3 rings (SSSR count). The molecule has 0 atom stereocenters. The maximum atomic E-state index is 7.00. The molecule has 5 heteroatoms. The molecular formula is C19H26BNO3. The van der Waals surface area contributed by atoms with E-state index in [9.17, 15) is 0 Å². The van der Waals surface area contributed by atoms with E-state index in [1.54, 1.807) is 0 Å². The van der Waals surface area contributed by atoms with Crippen LogP contribution in [0.1, 0.15) is 27.7 Å². The van der Waals surface area contributed by atoms with Crippen molar-refractivity contribution in [2.45, 2.75) is 38.9 Å². The zero-order valence-corrected chi connectivity index (χ0v) is 15.0. The third kappa shape index (κ3) is 3.81. The molecule has 0 unspecified atom stereocenters. The number of aliphatic hydroxyl groups is 1. The average molecular weight is 327 g/mol. The largest absolute Gasteiger partial charge is 0.496 e. The lowest BCUT2D eigenvalue weighted by Crippen LogP contribution is -2.41. The second kappa shape index (κ2) is 7.39. The molecule has 4 nitrogen and oxygen atoms in total. The fourth-order valence-corrected chi connectivity index (χ4v) is 2.46. The van der Waals surface area contributed by atoms with Gasteiger partial charge in [0.05, 0.1) is 11.2 Å². The summed E-state index contributed by atoms with van der Waals surface area (Å²) in [6.45, 7) is 8.28. The Labute approximate surface area is 145 Å². The zero-order chi connectivity index (χ0) is 17.8. The van der Waals surface area contributed by atoms with Crippen LogP contribution in [0.4, 0.5) is 11.4 Å². The Kier molecular flexibility index (Phi) is 5.70. The Hall–Kier alpha value is -1.82. The van der Waals surface area contributed by atoms with Crippen LogP contribution < -0.4 is 10.8 Å². The number of rotatable bonds is 3. The van der Waals surface area contributed by atoms with E-state index in [0.717, 1.165) is 23.9 Å². The average Bonchev–Trinajstić information content (AvgIpc) is 2.79. The van der Waals surface area contributed by atoms with E-state index >= 15 is 0 Å². The van der Waals surface area contributed by atoms with E-state index < -0.39 is 0 Å². The highest BCUT2D eigenvalue weighted by atomic mass is 16.7. The molecular weight excluding hydrogens is 301 g/mol. The lowest BCUT2D eigenvalue weighted by atomic mass is 9.78. The first kappa shape index (κ1) is 18.5. The second-order valence-electron chi connectivity index (χ2n) is 6.67. The quantitative estimate of drug-likeness (QED) is 0.849. The monoisotopic (exact) mass is 327 g/mol. The minimum Gasteiger partial charge on any atom is -0.400 e. The van der Waals surface area contributed by atoms with Crippen molar-refractivity contribution in [2.24, 2.45) is 0 Å². The lowest BCUT2D eigenvalue weighted by molar-refractivity contribution is 0.00578. The van der Waals surface area contributed by atoms with Gasteiger partial charge in [-0.1, -0.05) is 36.4 Å². The van der Waals surface area contributed by atoms with Crippen molar-refractivity contribution < 1.29 is 14.4 Å². The molecule has 1 aliphatic heterocycles. The molecule has 1 heterocycles. The van der Waals surface area contributed by atoms with Crippen molar-refractivity contribution in [1.29, 1.82) is 0 Å². The van der Waals surface area contributed by atoms with Crippen molar-refractivity contribution in [3.8, 4) is 0 Å². The number of hydrogen-bond acceptors (Lipinski definition) is 4. The van der Waals surface area contributed by atoms with E-state index in [-0.39, 0.29) is 18.3 Å². The van der Waals surface area contributed by atoms with Crippen LogP contribution in [0.2, 0.25) is 0 Å². The Morgan fingerprint density at radius 3 is 1.88 bits per heavy atom. The number of benzene rings is 2. The fourth-order valence-electron chi connectivity index (χ4n) is 2.46. The van der Waals surface area contributed by atoms with Gasteiger partial charge in [-0.25, -0.2) is 0 Å². The lowest BCUT2D eigenvalue weighted by Gasteiger charge is -2.32. The SMILES string of the molecule is CC1(C)OB(c2ccccc2Nc2ccccc2)OC1(C)C.CO. The van der Waals surface area contributed by atoms with Crippen molar-refractivity contribution in [3.05, 3.63) is 54.6 Å². The van der Waals surface area contributed by atoms with Gasteiger partial charge in [0.25, 0.3) is 0 Å². The van der Waals surface area contributed by atoms with E-state index in [1.807, 2.05) is 54.6 Å². The van der Waals surface area contributed by atoms with Gasteiger partial charge < -0.3 is 19.7 Å². The first-order chi connectivity index (χ1) is 11.4. The van der Waals surface area contributed by atoms with Crippen molar-refractivity contribution in [3.63, 3.8) is 0 Å². The predicted molar refractivity (Wildman–Crippen MR) is 100 cm³/mol. The van der Waals surface area contributed by atoms with Gasteiger partial charge in [-0.05, 0) is 45.9 Å². The van der Waals surface area contributed by atoms with Crippen LogP contribution in [0.3, 0.4) is 0 Å². The summed E-state index contributed by atoms with van der Waals surface area (Å²) in [4.78, 5) is 0. The molecule has 0 aliphatic carbocycles. The molecule has 0 radical (unpaired) electrons.